The maximum absolute atomic E-state index is 12.0. The molecule has 0 aliphatic carbocycles. The number of amides is 1. The van der Waals surface area contributed by atoms with Crippen LogP contribution in [0.2, 0.25) is 0 Å². The van der Waals surface area contributed by atoms with Gasteiger partial charge in [-0.15, -0.1) is 11.6 Å². The van der Waals surface area contributed by atoms with Gasteiger partial charge < -0.3 is 10.6 Å². The van der Waals surface area contributed by atoms with E-state index in [1.165, 1.54) is 5.56 Å². The fraction of sp³-hybridized carbons (Fsp3) is 0.462. The number of benzene rings is 1. The molecule has 0 saturated heterocycles. The number of fused-ring (bicyclic) bond motifs is 1. The topological polar surface area (TPSA) is 46.3 Å². The Morgan fingerprint density at radius 3 is 2.94 bits per heavy atom. The quantitative estimate of drug-likeness (QED) is 0.838. The molecule has 0 radical (unpaired) electrons. The van der Waals surface area contributed by atoms with E-state index < -0.39 is 0 Å². The molecule has 0 spiro atoms. The lowest BCUT2D eigenvalue weighted by Crippen LogP contribution is -2.38. The molecule has 0 aromatic heterocycles. The smallest absolute Gasteiger partial charge is 0.228 e. The van der Waals surface area contributed by atoms with Crippen LogP contribution < -0.4 is 10.6 Å². The average molecular weight is 253 g/mol. The van der Waals surface area contributed by atoms with Gasteiger partial charge in [-0.1, -0.05) is 18.2 Å². The molecule has 0 bridgehead atoms. The molecular formula is C13H17ClN2O. The highest BCUT2D eigenvalue weighted by molar-refractivity contribution is 6.19. The van der Waals surface area contributed by atoms with Crippen molar-refractivity contribution in [3.05, 3.63) is 29.8 Å². The molecule has 1 aliphatic rings. The van der Waals surface area contributed by atoms with Crippen molar-refractivity contribution in [1.29, 1.82) is 0 Å². The summed E-state index contributed by atoms with van der Waals surface area (Å²) in [6.45, 7) is 1.38. The molecule has 1 heterocycles. The number of anilines is 1. The first-order valence-electron chi connectivity index (χ1n) is 5.93. The number of hydrogen-bond acceptors (Lipinski definition) is 2. The SMILES string of the molecule is NCC1CCN(C(=O)CCCl)c2ccccc21. The van der Waals surface area contributed by atoms with Crippen LogP contribution in [0.5, 0.6) is 0 Å². The summed E-state index contributed by atoms with van der Waals surface area (Å²) in [4.78, 5) is 13.8. The normalized spacial score (nSPS) is 18.9. The van der Waals surface area contributed by atoms with Crippen molar-refractivity contribution in [3.8, 4) is 0 Å². The van der Waals surface area contributed by atoms with Gasteiger partial charge in [0.15, 0.2) is 0 Å². The number of rotatable bonds is 3. The van der Waals surface area contributed by atoms with Gasteiger partial charge >= 0.3 is 0 Å². The maximum Gasteiger partial charge on any atom is 0.228 e. The zero-order valence-corrected chi connectivity index (χ0v) is 10.5. The highest BCUT2D eigenvalue weighted by Gasteiger charge is 2.26. The summed E-state index contributed by atoms with van der Waals surface area (Å²) >= 11 is 5.63. The lowest BCUT2D eigenvalue weighted by Gasteiger charge is -2.33. The highest BCUT2D eigenvalue weighted by atomic mass is 35.5. The Balaban J connectivity index is 2.31. The Morgan fingerprint density at radius 1 is 1.47 bits per heavy atom. The Bertz CT molecular complexity index is 408. The summed E-state index contributed by atoms with van der Waals surface area (Å²) in [6.07, 6.45) is 1.32. The van der Waals surface area contributed by atoms with Gasteiger partial charge in [-0.2, -0.15) is 0 Å². The third-order valence-electron chi connectivity index (χ3n) is 3.26. The lowest BCUT2D eigenvalue weighted by atomic mass is 9.90. The number of para-hydroxylation sites is 1. The first-order chi connectivity index (χ1) is 8.27. The van der Waals surface area contributed by atoms with E-state index in [4.69, 9.17) is 17.3 Å². The Hall–Kier alpha value is -1.06. The number of alkyl halides is 1. The lowest BCUT2D eigenvalue weighted by molar-refractivity contribution is -0.118. The molecule has 2 rings (SSSR count). The van der Waals surface area contributed by atoms with Crippen molar-refractivity contribution in [2.24, 2.45) is 5.73 Å². The third kappa shape index (κ3) is 2.45. The molecule has 3 nitrogen and oxygen atoms in total. The monoisotopic (exact) mass is 252 g/mol. The summed E-state index contributed by atoms with van der Waals surface area (Å²) in [7, 11) is 0. The molecule has 0 fully saturated rings. The van der Waals surface area contributed by atoms with E-state index in [1.54, 1.807) is 0 Å². The van der Waals surface area contributed by atoms with Gasteiger partial charge in [0, 0.05) is 24.5 Å². The summed E-state index contributed by atoms with van der Waals surface area (Å²) in [5.74, 6) is 0.840. The minimum absolute atomic E-state index is 0.0999. The first kappa shape index (κ1) is 12.4. The first-order valence-corrected chi connectivity index (χ1v) is 6.46. The van der Waals surface area contributed by atoms with Crippen LogP contribution in [-0.2, 0) is 4.79 Å². The summed E-state index contributed by atoms with van der Waals surface area (Å²) < 4.78 is 0. The van der Waals surface area contributed by atoms with Crippen molar-refractivity contribution in [1.82, 2.24) is 0 Å². The maximum atomic E-state index is 12.0. The third-order valence-corrected chi connectivity index (χ3v) is 3.45. The number of nitrogens with two attached hydrogens (primary N) is 1. The Morgan fingerprint density at radius 2 is 2.24 bits per heavy atom. The second-order valence-corrected chi connectivity index (χ2v) is 4.64. The molecule has 4 heteroatoms. The van der Waals surface area contributed by atoms with Crippen LogP contribution in [0.3, 0.4) is 0 Å². The van der Waals surface area contributed by atoms with Gasteiger partial charge in [0.1, 0.15) is 0 Å². The largest absolute Gasteiger partial charge is 0.330 e. The van der Waals surface area contributed by atoms with E-state index in [9.17, 15) is 4.79 Å². The number of nitrogens with zero attached hydrogens (tertiary/aromatic N) is 1. The van der Waals surface area contributed by atoms with Crippen LogP contribution in [0.25, 0.3) is 0 Å². The Labute approximate surface area is 107 Å². The van der Waals surface area contributed by atoms with E-state index in [2.05, 4.69) is 6.07 Å². The number of carbonyl (C=O) groups excluding carboxylic acids is 1. The van der Waals surface area contributed by atoms with E-state index in [0.29, 0.717) is 24.8 Å². The number of halogens is 1. The molecule has 1 aliphatic heterocycles. The molecular weight excluding hydrogens is 236 g/mol. The molecule has 1 aromatic rings. The molecule has 2 N–H and O–H groups in total. The summed E-state index contributed by atoms with van der Waals surface area (Å²) in [5.41, 5.74) is 7.96. The zero-order chi connectivity index (χ0) is 12.3. The zero-order valence-electron chi connectivity index (χ0n) is 9.73. The second-order valence-electron chi connectivity index (χ2n) is 4.26. The summed E-state index contributed by atoms with van der Waals surface area (Å²) in [6, 6.07) is 8.01. The van der Waals surface area contributed by atoms with Crippen molar-refractivity contribution in [3.63, 3.8) is 0 Å². The van der Waals surface area contributed by atoms with Crippen molar-refractivity contribution in [2.45, 2.75) is 18.8 Å². The minimum Gasteiger partial charge on any atom is -0.330 e. The molecule has 17 heavy (non-hydrogen) atoms. The molecule has 1 atom stereocenters. The van der Waals surface area contributed by atoms with Gasteiger partial charge in [0.25, 0.3) is 0 Å². The van der Waals surface area contributed by atoms with Crippen molar-refractivity contribution in [2.75, 3.05) is 23.9 Å². The van der Waals surface area contributed by atoms with Gasteiger partial charge in [-0.05, 0) is 30.5 Å². The van der Waals surface area contributed by atoms with Crippen LogP contribution in [0.1, 0.15) is 24.3 Å². The van der Waals surface area contributed by atoms with Gasteiger partial charge in [-0.3, -0.25) is 4.79 Å². The average Bonchev–Trinajstić information content (AvgIpc) is 2.37. The van der Waals surface area contributed by atoms with E-state index in [0.717, 1.165) is 18.7 Å². The minimum atomic E-state index is 0.0999. The highest BCUT2D eigenvalue weighted by Crippen LogP contribution is 2.34. The van der Waals surface area contributed by atoms with E-state index in [1.807, 2.05) is 23.1 Å². The van der Waals surface area contributed by atoms with Gasteiger partial charge in [0.2, 0.25) is 5.91 Å². The summed E-state index contributed by atoms with van der Waals surface area (Å²) in [5, 5.41) is 0. The van der Waals surface area contributed by atoms with Crippen LogP contribution in [0.4, 0.5) is 5.69 Å². The number of carbonyl (C=O) groups is 1. The molecule has 1 amide bonds. The van der Waals surface area contributed by atoms with Gasteiger partial charge in [0.05, 0.1) is 0 Å². The van der Waals surface area contributed by atoms with Crippen LogP contribution in [0, 0.1) is 0 Å². The molecule has 1 aromatic carbocycles. The van der Waals surface area contributed by atoms with Crippen molar-refractivity contribution >= 4 is 23.2 Å². The standard InChI is InChI=1S/C13H17ClN2O/c14-7-5-13(17)16-8-6-10(9-15)11-3-1-2-4-12(11)16/h1-4,10H,5-9,15H2. The fourth-order valence-electron chi connectivity index (χ4n) is 2.36. The molecule has 0 saturated carbocycles. The molecule has 1 unspecified atom stereocenters. The predicted molar refractivity (Wildman–Crippen MR) is 70.5 cm³/mol. The van der Waals surface area contributed by atoms with E-state index in [-0.39, 0.29) is 5.91 Å². The van der Waals surface area contributed by atoms with Gasteiger partial charge in [-0.25, -0.2) is 0 Å². The predicted octanol–water partition coefficient (Wildman–Crippen LogP) is 2.09. The van der Waals surface area contributed by atoms with E-state index >= 15 is 0 Å². The number of hydrogen-bond donors (Lipinski definition) is 1. The van der Waals surface area contributed by atoms with Crippen LogP contribution >= 0.6 is 11.6 Å². The second kappa shape index (κ2) is 5.52. The van der Waals surface area contributed by atoms with Crippen LogP contribution in [-0.4, -0.2) is 24.9 Å². The Kier molecular flexibility index (Phi) is 4.02. The van der Waals surface area contributed by atoms with Crippen LogP contribution in [0.15, 0.2) is 24.3 Å². The molecule has 92 valence electrons. The fourth-order valence-corrected chi connectivity index (χ4v) is 2.52. The van der Waals surface area contributed by atoms with Crippen molar-refractivity contribution < 1.29 is 4.79 Å².